The smallest absolute Gasteiger partial charge is 0.358 e. The number of pyridine rings is 1. The number of hydrogen-bond acceptors (Lipinski definition) is 3. The lowest BCUT2D eigenvalue weighted by atomic mass is 10.4. The highest BCUT2D eigenvalue weighted by Gasteiger charge is 2.15. The zero-order valence-electron chi connectivity index (χ0n) is 5.12. The van der Waals surface area contributed by atoms with Gasteiger partial charge in [-0.2, -0.15) is 4.39 Å². The van der Waals surface area contributed by atoms with Crippen molar-refractivity contribution in [3.63, 3.8) is 0 Å². The van der Waals surface area contributed by atoms with Gasteiger partial charge in [-0.3, -0.25) is 0 Å². The number of rotatable bonds is 1. The predicted octanol–water partition coefficient (Wildman–Crippen LogP) is 1.89. The zero-order chi connectivity index (χ0) is 8.43. The van der Waals surface area contributed by atoms with Crippen LogP contribution in [0, 0.1) is 15.9 Å². The Kier molecular flexibility index (Phi) is 2.13. The number of halogens is 2. The molecule has 0 bridgehead atoms. The van der Waals surface area contributed by atoms with Crippen molar-refractivity contribution >= 4 is 21.7 Å². The van der Waals surface area contributed by atoms with E-state index in [4.69, 9.17) is 0 Å². The van der Waals surface area contributed by atoms with Crippen LogP contribution in [-0.4, -0.2) is 9.91 Å². The molecule has 0 spiro atoms. The minimum Gasteiger partial charge on any atom is -0.358 e. The molecule has 11 heavy (non-hydrogen) atoms. The summed E-state index contributed by atoms with van der Waals surface area (Å²) < 4.78 is 12.7. The maximum Gasteiger partial charge on any atom is 0.400 e. The molecular formula is C5H2BrFN2O2. The van der Waals surface area contributed by atoms with Crippen molar-refractivity contribution in [1.29, 1.82) is 0 Å². The maximum atomic E-state index is 12.5. The van der Waals surface area contributed by atoms with E-state index >= 15 is 0 Å². The normalized spacial score (nSPS) is 9.64. The first-order chi connectivity index (χ1) is 5.11. The quantitative estimate of drug-likeness (QED) is 0.413. The lowest BCUT2D eigenvalue weighted by Crippen LogP contribution is -1.95. The van der Waals surface area contributed by atoms with E-state index in [1.54, 1.807) is 0 Å². The Bertz CT molecular complexity index is 305. The van der Waals surface area contributed by atoms with Gasteiger partial charge in [0, 0.05) is 15.9 Å². The molecule has 0 amide bonds. The van der Waals surface area contributed by atoms with Crippen LogP contribution >= 0.6 is 15.9 Å². The van der Waals surface area contributed by atoms with Gasteiger partial charge in [0.2, 0.25) is 10.4 Å². The fourth-order valence-corrected chi connectivity index (χ4v) is 0.836. The second kappa shape index (κ2) is 2.91. The Hall–Kier alpha value is -1.04. The van der Waals surface area contributed by atoms with Gasteiger partial charge in [0.1, 0.15) is 0 Å². The largest absolute Gasteiger partial charge is 0.400 e. The Morgan fingerprint density at radius 2 is 2.27 bits per heavy atom. The van der Waals surface area contributed by atoms with Gasteiger partial charge < -0.3 is 10.1 Å². The lowest BCUT2D eigenvalue weighted by Gasteiger charge is -1.91. The molecule has 0 aliphatic carbocycles. The van der Waals surface area contributed by atoms with Crippen LogP contribution in [0.1, 0.15) is 0 Å². The number of nitro groups is 1. The van der Waals surface area contributed by atoms with Crippen LogP contribution in [0.3, 0.4) is 0 Å². The molecule has 0 N–H and O–H groups in total. The van der Waals surface area contributed by atoms with Gasteiger partial charge in [-0.15, -0.1) is 0 Å². The molecule has 0 aliphatic heterocycles. The van der Waals surface area contributed by atoms with Crippen molar-refractivity contribution in [3.8, 4) is 0 Å². The highest BCUT2D eigenvalue weighted by Crippen LogP contribution is 2.16. The molecule has 0 saturated carbocycles. The molecule has 1 aromatic rings. The number of hydrogen-bond donors (Lipinski definition) is 0. The standard InChI is InChI=1S/C5H2BrFN2O2/c6-4-2-1-3(7)5(8-4)9(10)11/h1-2H. The molecule has 0 fully saturated rings. The van der Waals surface area contributed by atoms with E-state index in [1.165, 1.54) is 6.07 Å². The third kappa shape index (κ3) is 1.70. The lowest BCUT2D eigenvalue weighted by molar-refractivity contribution is -0.392. The summed E-state index contributed by atoms with van der Waals surface area (Å²) in [5.74, 6) is -1.70. The Morgan fingerprint density at radius 3 is 2.73 bits per heavy atom. The molecule has 58 valence electrons. The van der Waals surface area contributed by atoms with E-state index in [0.717, 1.165) is 6.07 Å². The summed E-state index contributed by atoms with van der Waals surface area (Å²) in [5, 5.41) is 10.1. The monoisotopic (exact) mass is 220 g/mol. The molecule has 6 heteroatoms. The molecule has 1 rings (SSSR count). The van der Waals surface area contributed by atoms with Crippen LogP contribution in [0.5, 0.6) is 0 Å². The SMILES string of the molecule is O=[N+]([O-])c1nc(Br)ccc1F. The maximum absolute atomic E-state index is 12.5. The summed E-state index contributed by atoms with van der Waals surface area (Å²) in [6.45, 7) is 0. The Balaban J connectivity index is 3.23. The average Bonchev–Trinajstić information content (AvgIpc) is 1.94. The summed E-state index contributed by atoms with van der Waals surface area (Å²) in [6.07, 6.45) is 0. The molecule has 1 heterocycles. The summed E-state index contributed by atoms with van der Waals surface area (Å²) in [7, 11) is 0. The topological polar surface area (TPSA) is 56.0 Å². The van der Waals surface area contributed by atoms with Crippen LogP contribution in [0.2, 0.25) is 0 Å². The minimum atomic E-state index is -0.932. The van der Waals surface area contributed by atoms with Gasteiger partial charge in [0.15, 0.2) is 0 Å². The van der Waals surface area contributed by atoms with Crippen molar-refractivity contribution in [3.05, 3.63) is 32.7 Å². The summed E-state index contributed by atoms with van der Waals surface area (Å²) in [4.78, 5) is 12.5. The molecule has 0 radical (unpaired) electrons. The molecule has 0 aromatic carbocycles. The van der Waals surface area contributed by atoms with E-state index in [0.29, 0.717) is 0 Å². The third-order valence-corrected chi connectivity index (χ3v) is 1.41. The molecule has 1 aromatic heterocycles. The van der Waals surface area contributed by atoms with Gasteiger partial charge >= 0.3 is 5.82 Å². The van der Waals surface area contributed by atoms with Gasteiger partial charge in [0.05, 0.1) is 0 Å². The number of nitrogens with zero attached hydrogens (tertiary/aromatic N) is 2. The Labute approximate surface area is 69.3 Å². The van der Waals surface area contributed by atoms with E-state index in [-0.39, 0.29) is 4.60 Å². The fourth-order valence-electron chi connectivity index (χ4n) is 0.536. The van der Waals surface area contributed by atoms with Crippen molar-refractivity contribution in [1.82, 2.24) is 4.98 Å². The highest BCUT2D eigenvalue weighted by molar-refractivity contribution is 9.10. The second-order valence-corrected chi connectivity index (χ2v) is 2.51. The minimum absolute atomic E-state index is 0.241. The molecule has 0 unspecified atom stereocenters. The molecule has 0 aliphatic rings. The molecular weight excluding hydrogens is 219 g/mol. The number of aromatic nitrogens is 1. The first kappa shape index (κ1) is 8.06. The molecule has 0 saturated heterocycles. The predicted molar refractivity (Wildman–Crippen MR) is 38.5 cm³/mol. The van der Waals surface area contributed by atoms with Crippen LogP contribution in [0.15, 0.2) is 16.7 Å². The van der Waals surface area contributed by atoms with Crippen LogP contribution in [-0.2, 0) is 0 Å². The third-order valence-electron chi connectivity index (χ3n) is 0.966. The van der Waals surface area contributed by atoms with Crippen molar-refractivity contribution in [2.75, 3.05) is 0 Å². The van der Waals surface area contributed by atoms with E-state index < -0.39 is 16.6 Å². The molecule has 0 atom stereocenters. The van der Waals surface area contributed by atoms with Crippen molar-refractivity contribution in [2.45, 2.75) is 0 Å². The summed E-state index contributed by atoms with van der Waals surface area (Å²) >= 11 is 2.88. The second-order valence-electron chi connectivity index (χ2n) is 1.70. The summed E-state index contributed by atoms with van der Waals surface area (Å²) in [5.41, 5.74) is 0. The van der Waals surface area contributed by atoms with E-state index in [1.807, 2.05) is 0 Å². The van der Waals surface area contributed by atoms with Crippen molar-refractivity contribution in [2.24, 2.45) is 0 Å². The van der Waals surface area contributed by atoms with Crippen LogP contribution in [0.25, 0.3) is 0 Å². The van der Waals surface area contributed by atoms with E-state index in [2.05, 4.69) is 20.9 Å². The first-order valence-corrected chi connectivity index (χ1v) is 3.37. The fraction of sp³-hybridized carbons (Fsp3) is 0. The first-order valence-electron chi connectivity index (χ1n) is 2.57. The van der Waals surface area contributed by atoms with E-state index in [9.17, 15) is 14.5 Å². The average molecular weight is 221 g/mol. The van der Waals surface area contributed by atoms with Crippen molar-refractivity contribution < 1.29 is 9.31 Å². The highest BCUT2D eigenvalue weighted by atomic mass is 79.9. The van der Waals surface area contributed by atoms with Gasteiger partial charge in [-0.1, -0.05) is 0 Å². The van der Waals surface area contributed by atoms with Gasteiger partial charge in [-0.25, -0.2) is 0 Å². The Morgan fingerprint density at radius 1 is 1.64 bits per heavy atom. The molecule has 4 nitrogen and oxygen atoms in total. The van der Waals surface area contributed by atoms with Gasteiger partial charge in [-0.05, 0) is 22.0 Å². The summed E-state index contributed by atoms with van der Waals surface area (Å²) in [6, 6.07) is 2.28. The zero-order valence-corrected chi connectivity index (χ0v) is 6.71. The van der Waals surface area contributed by atoms with Crippen LogP contribution < -0.4 is 0 Å². The van der Waals surface area contributed by atoms with Crippen LogP contribution in [0.4, 0.5) is 10.2 Å². The van der Waals surface area contributed by atoms with Gasteiger partial charge in [0.25, 0.3) is 0 Å².